The highest BCUT2D eigenvalue weighted by Gasteiger charge is 2.31. The number of amides is 2. The smallest absolute Gasteiger partial charge is 0.237 e. The van der Waals surface area contributed by atoms with E-state index in [4.69, 9.17) is 0 Å². The fraction of sp³-hybridized carbons (Fsp3) is 0.308. The lowest BCUT2D eigenvalue weighted by Crippen LogP contribution is -2.44. The van der Waals surface area contributed by atoms with E-state index in [1.165, 1.54) is 0 Å². The average Bonchev–Trinajstić information content (AvgIpc) is 2.30. The van der Waals surface area contributed by atoms with Gasteiger partial charge in [0, 0.05) is 12.8 Å². The highest BCUT2D eigenvalue weighted by molar-refractivity contribution is 6.09. The Hall–Kier alpha value is -1.97. The van der Waals surface area contributed by atoms with Crippen LogP contribution < -0.4 is 5.32 Å². The quantitative estimate of drug-likeness (QED) is 0.619. The number of Topliss-reactive ketones (excluding diaryl/α,β-unsaturated/α-hetero) is 1. The molecule has 0 bridgehead atoms. The first kappa shape index (κ1) is 11.5. The van der Waals surface area contributed by atoms with Crippen LogP contribution in [0.1, 0.15) is 18.4 Å². The van der Waals surface area contributed by atoms with Crippen molar-refractivity contribution in [2.75, 3.05) is 0 Å². The van der Waals surface area contributed by atoms with E-state index in [-0.39, 0.29) is 24.5 Å². The van der Waals surface area contributed by atoms with E-state index in [9.17, 15) is 14.4 Å². The Morgan fingerprint density at radius 1 is 1.24 bits per heavy atom. The molecule has 1 N–H and O–H groups in total. The molecule has 1 aromatic rings. The number of benzene rings is 1. The number of nitrogens with one attached hydrogen (secondary N) is 1. The molecule has 4 nitrogen and oxygen atoms in total. The van der Waals surface area contributed by atoms with Crippen LogP contribution in [-0.4, -0.2) is 17.6 Å². The number of hydrogen-bond donors (Lipinski definition) is 1. The van der Waals surface area contributed by atoms with Crippen molar-refractivity contribution in [1.29, 1.82) is 0 Å². The van der Waals surface area contributed by atoms with Gasteiger partial charge in [0.1, 0.15) is 5.78 Å². The van der Waals surface area contributed by atoms with Gasteiger partial charge in [-0.15, -0.1) is 0 Å². The molecule has 1 unspecified atom stereocenters. The SMILES string of the molecule is O=C1CCC(C(=O)Cc2ccccc2)C(=O)N1. The molecule has 1 fully saturated rings. The van der Waals surface area contributed by atoms with Gasteiger partial charge in [0.05, 0.1) is 5.92 Å². The van der Waals surface area contributed by atoms with Crippen LogP contribution in [0.5, 0.6) is 0 Å². The van der Waals surface area contributed by atoms with Gasteiger partial charge in [-0.1, -0.05) is 30.3 Å². The molecule has 17 heavy (non-hydrogen) atoms. The van der Waals surface area contributed by atoms with Gasteiger partial charge in [0.2, 0.25) is 11.8 Å². The van der Waals surface area contributed by atoms with Crippen LogP contribution in [0.3, 0.4) is 0 Å². The van der Waals surface area contributed by atoms with Crippen molar-refractivity contribution in [1.82, 2.24) is 5.32 Å². The zero-order valence-corrected chi connectivity index (χ0v) is 9.31. The van der Waals surface area contributed by atoms with Gasteiger partial charge in [-0.05, 0) is 12.0 Å². The Balaban J connectivity index is 2.01. The van der Waals surface area contributed by atoms with Gasteiger partial charge >= 0.3 is 0 Å². The molecule has 1 heterocycles. The second-order valence-corrected chi connectivity index (χ2v) is 4.13. The van der Waals surface area contributed by atoms with Crippen molar-refractivity contribution in [3.8, 4) is 0 Å². The number of imide groups is 1. The maximum atomic E-state index is 11.9. The maximum Gasteiger partial charge on any atom is 0.237 e. The molecule has 4 heteroatoms. The van der Waals surface area contributed by atoms with Gasteiger partial charge in [-0.25, -0.2) is 0 Å². The first-order valence-electron chi connectivity index (χ1n) is 5.57. The van der Waals surface area contributed by atoms with Crippen LogP contribution in [0, 0.1) is 5.92 Å². The van der Waals surface area contributed by atoms with Crippen LogP contribution in [0.15, 0.2) is 30.3 Å². The third-order valence-electron chi connectivity index (χ3n) is 2.85. The zero-order valence-electron chi connectivity index (χ0n) is 9.31. The van der Waals surface area contributed by atoms with Gasteiger partial charge in [0.15, 0.2) is 0 Å². The molecule has 1 saturated heterocycles. The fourth-order valence-corrected chi connectivity index (χ4v) is 1.92. The Bertz CT molecular complexity index is 453. The molecule has 1 aromatic carbocycles. The summed E-state index contributed by atoms with van der Waals surface area (Å²) in [4.78, 5) is 34.4. The number of rotatable bonds is 3. The highest BCUT2D eigenvalue weighted by atomic mass is 16.2. The molecule has 0 saturated carbocycles. The summed E-state index contributed by atoms with van der Waals surface area (Å²) in [5.74, 6) is -1.55. The van der Waals surface area contributed by atoms with Gasteiger partial charge in [-0.3, -0.25) is 19.7 Å². The molecule has 1 atom stereocenters. The van der Waals surface area contributed by atoms with E-state index >= 15 is 0 Å². The number of hydrogen-bond acceptors (Lipinski definition) is 3. The van der Waals surface area contributed by atoms with Crippen LogP contribution >= 0.6 is 0 Å². The minimum absolute atomic E-state index is 0.124. The number of ketones is 1. The lowest BCUT2D eigenvalue weighted by molar-refractivity contribution is -0.140. The summed E-state index contributed by atoms with van der Waals surface area (Å²) in [6, 6.07) is 9.29. The first-order valence-corrected chi connectivity index (χ1v) is 5.57. The van der Waals surface area contributed by atoms with Gasteiger partial charge < -0.3 is 0 Å². The minimum Gasteiger partial charge on any atom is -0.298 e. The van der Waals surface area contributed by atoms with Crippen LogP contribution in [-0.2, 0) is 20.8 Å². The second kappa shape index (κ2) is 4.91. The monoisotopic (exact) mass is 231 g/mol. The van der Waals surface area contributed by atoms with Crippen molar-refractivity contribution < 1.29 is 14.4 Å². The minimum atomic E-state index is -0.673. The third-order valence-corrected chi connectivity index (χ3v) is 2.85. The third kappa shape index (κ3) is 2.78. The fourth-order valence-electron chi connectivity index (χ4n) is 1.92. The number of carbonyl (C=O) groups excluding carboxylic acids is 3. The average molecular weight is 231 g/mol. The predicted molar refractivity (Wildman–Crippen MR) is 61.0 cm³/mol. The second-order valence-electron chi connectivity index (χ2n) is 4.13. The molecule has 2 rings (SSSR count). The highest BCUT2D eigenvalue weighted by Crippen LogP contribution is 2.15. The molecule has 2 amide bonds. The molecule has 0 radical (unpaired) electrons. The normalized spacial score (nSPS) is 19.9. The Kier molecular flexibility index (Phi) is 3.32. The lowest BCUT2D eigenvalue weighted by atomic mass is 9.90. The number of piperidine rings is 1. The molecular formula is C13H13NO3. The van der Waals surface area contributed by atoms with E-state index in [1.54, 1.807) is 0 Å². The molecule has 88 valence electrons. The first-order chi connectivity index (χ1) is 8.16. The summed E-state index contributed by atoms with van der Waals surface area (Å²) >= 11 is 0. The summed E-state index contributed by atoms with van der Waals surface area (Å²) in [6.07, 6.45) is 0.820. The largest absolute Gasteiger partial charge is 0.298 e. The van der Waals surface area contributed by atoms with Crippen molar-refractivity contribution in [2.45, 2.75) is 19.3 Å². The Morgan fingerprint density at radius 2 is 1.94 bits per heavy atom. The summed E-state index contributed by atoms with van der Waals surface area (Å²) in [6.45, 7) is 0. The Labute approximate surface area is 99.0 Å². The van der Waals surface area contributed by atoms with Crippen molar-refractivity contribution in [3.05, 3.63) is 35.9 Å². The number of carbonyl (C=O) groups is 3. The molecular weight excluding hydrogens is 218 g/mol. The van der Waals surface area contributed by atoms with E-state index in [0.717, 1.165) is 5.56 Å². The Morgan fingerprint density at radius 3 is 2.59 bits per heavy atom. The van der Waals surface area contributed by atoms with E-state index in [2.05, 4.69) is 5.32 Å². The molecule has 0 spiro atoms. The summed E-state index contributed by atoms with van der Waals surface area (Å²) in [5.41, 5.74) is 0.891. The topological polar surface area (TPSA) is 63.2 Å². The lowest BCUT2D eigenvalue weighted by Gasteiger charge is -2.19. The molecule has 1 aliphatic rings. The summed E-state index contributed by atoms with van der Waals surface area (Å²) < 4.78 is 0. The van der Waals surface area contributed by atoms with E-state index < -0.39 is 11.8 Å². The van der Waals surface area contributed by atoms with Crippen molar-refractivity contribution in [2.24, 2.45) is 5.92 Å². The summed E-state index contributed by atoms with van der Waals surface area (Å²) in [7, 11) is 0. The van der Waals surface area contributed by atoms with E-state index in [0.29, 0.717) is 6.42 Å². The van der Waals surface area contributed by atoms with Crippen molar-refractivity contribution in [3.63, 3.8) is 0 Å². The van der Waals surface area contributed by atoms with Gasteiger partial charge in [0.25, 0.3) is 0 Å². The van der Waals surface area contributed by atoms with Crippen LogP contribution in [0.2, 0.25) is 0 Å². The maximum absolute atomic E-state index is 11.9. The molecule has 0 aliphatic carbocycles. The molecule has 1 aliphatic heterocycles. The van der Waals surface area contributed by atoms with E-state index in [1.807, 2.05) is 30.3 Å². The zero-order chi connectivity index (χ0) is 12.3. The molecule has 0 aromatic heterocycles. The van der Waals surface area contributed by atoms with Crippen molar-refractivity contribution >= 4 is 17.6 Å². The standard InChI is InChI=1S/C13H13NO3/c15-11(8-9-4-2-1-3-5-9)10-6-7-12(16)14-13(10)17/h1-5,10H,6-8H2,(H,14,16,17). The van der Waals surface area contributed by atoms with Crippen LogP contribution in [0.25, 0.3) is 0 Å². The van der Waals surface area contributed by atoms with Gasteiger partial charge in [-0.2, -0.15) is 0 Å². The predicted octanol–water partition coefficient (Wildman–Crippen LogP) is 0.851. The summed E-state index contributed by atoms with van der Waals surface area (Å²) in [5, 5.41) is 2.20. The van der Waals surface area contributed by atoms with Crippen LogP contribution in [0.4, 0.5) is 0 Å².